The average molecular weight is 346 g/mol. The van der Waals surface area contributed by atoms with Crippen molar-refractivity contribution in [1.82, 2.24) is 9.97 Å². The molecule has 0 unspecified atom stereocenters. The third-order valence-corrected chi connectivity index (χ3v) is 4.38. The molecule has 0 radical (unpaired) electrons. The standard InChI is InChI=1S/C20H18N4O2/c1-26-19(25)16-8-4-5-9-17(16)22-20-21-11-10-18(23-20)24-12-14-6-2-3-7-15(14)13-24/h2-11H,12-13H2,1H3,(H,21,22,23). The van der Waals surface area contributed by atoms with Crippen molar-refractivity contribution < 1.29 is 9.53 Å². The van der Waals surface area contributed by atoms with Gasteiger partial charge in [0.05, 0.1) is 18.4 Å². The van der Waals surface area contributed by atoms with Crippen LogP contribution in [0.2, 0.25) is 0 Å². The molecular weight excluding hydrogens is 328 g/mol. The molecule has 0 spiro atoms. The number of carbonyl (C=O) groups is 1. The normalized spacial score (nSPS) is 12.6. The molecule has 0 atom stereocenters. The molecule has 0 amide bonds. The van der Waals surface area contributed by atoms with E-state index in [-0.39, 0.29) is 0 Å². The molecule has 0 saturated carbocycles. The van der Waals surface area contributed by atoms with E-state index in [0.717, 1.165) is 18.9 Å². The number of benzene rings is 2. The Morgan fingerprint density at radius 3 is 2.46 bits per heavy atom. The number of fused-ring (bicyclic) bond motifs is 1. The second kappa shape index (κ2) is 6.84. The molecule has 1 N–H and O–H groups in total. The van der Waals surface area contributed by atoms with E-state index >= 15 is 0 Å². The predicted octanol–water partition coefficient (Wildman–Crippen LogP) is 3.53. The number of aromatic nitrogens is 2. The van der Waals surface area contributed by atoms with Crippen LogP contribution in [0, 0.1) is 0 Å². The number of esters is 1. The summed E-state index contributed by atoms with van der Waals surface area (Å²) in [6.45, 7) is 1.65. The molecule has 130 valence electrons. The van der Waals surface area contributed by atoms with Crippen molar-refractivity contribution in [1.29, 1.82) is 0 Å². The number of nitrogens with one attached hydrogen (secondary N) is 1. The Hall–Kier alpha value is -3.41. The van der Waals surface area contributed by atoms with E-state index < -0.39 is 5.97 Å². The van der Waals surface area contributed by atoms with E-state index in [1.807, 2.05) is 12.1 Å². The van der Waals surface area contributed by atoms with Crippen LogP contribution in [-0.4, -0.2) is 23.0 Å². The number of nitrogens with zero attached hydrogens (tertiary/aromatic N) is 3. The maximum absolute atomic E-state index is 11.9. The van der Waals surface area contributed by atoms with Crippen LogP contribution in [-0.2, 0) is 17.8 Å². The monoisotopic (exact) mass is 346 g/mol. The molecule has 6 nitrogen and oxygen atoms in total. The third kappa shape index (κ3) is 3.09. The molecule has 3 aromatic rings. The largest absolute Gasteiger partial charge is 0.465 e. The van der Waals surface area contributed by atoms with Crippen molar-refractivity contribution in [3.05, 3.63) is 77.5 Å². The number of carbonyl (C=O) groups excluding carboxylic acids is 1. The van der Waals surface area contributed by atoms with E-state index in [2.05, 4.69) is 44.5 Å². The molecule has 0 fully saturated rings. The van der Waals surface area contributed by atoms with Gasteiger partial charge in [0.1, 0.15) is 5.82 Å². The van der Waals surface area contributed by atoms with Crippen molar-refractivity contribution in [2.75, 3.05) is 17.3 Å². The van der Waals surface area contributed by atoms with Crippen LogP contribution in [0.15, 0.2) is 60.8 Å². The van der Waals surface area contributed by atoms with Gasteiger partial charge < -0.3 is 15.0 Å². The lowest BCUT2D eigenvalue weighted by molar-refractivity contribution is 0.0602. The fourth-order valence-electron chi connectivity index (χ4n) is 3.08. The summed E-state index contributed by atoms with van der Waals surface area (Å²) >= 11 is 0. The average Bonchev–Trinajstić information content (AvgIpc) is 3.12. The predicted molar refractivity (Wildman–Crippen MR) is 99.4 cm³/mol. The highest BCUT2D eigenvalue weighted by atomic mass is 16.5. The summed E-state index contributed by atoms with van der Waals surface area (Å²) in [6, 6.07) is 17.4. The minimum Gasteiger partial charge on any atom is -0.465 e. The molecule has 26 heavy (non-hydrogen) atoms. The summed E-state index contributed by atoms with van der Waals surface area (Å²) in [7, 11) is 1.36. The molecule has 1 aromatic heterocycles. The van der Waals surface area contributed by atoms with Gasteiger partial charge in [-0.25, -0.2) is 9.78 Å². The Balaban J connectivity index is 1.57. The Morgan fingerprint density at radius 1 is 1.04 bits per heavy atom. The zero-order valence-corrected chi connectivity index (χ0v) is 14.3. The van der Waals surface area contributed by atoms with Crippen LogP contribution in [0.25, 0.3) is 0 Å². The lowest BCUT2D eigenvalue weighted by Crippen LogP contribution is -2.16. The molecule has 6 heteroatoms. The molecule has 2 heterocycles. The van der Waals surface area contributed by atoms with Gasteiger partial charge in [-0.3, -0.25) is 0 Å². The number of methoxy groups -OCH3 is 1. The summed E-state index contributed by atoms with van der Waals surface area (Å²) < 4.78 is 4.83. The minimum atomic E-state index is -0.403. The van der Waals surface area contributed by atoms with Crippen LogP contribution in [0.5, 0.6) is 0 Å². The summed E-state index contributed by atoms with van der Waals surface area (Å²) in [6.07, 6.45) is 1.72. The quantitative estimate of drug-likeness (QED) is 0.729. The molecule has 0 saturated heterocycles. The Bertz CT molecular complexity index is 933. The van der Waals surface area contributed by atoms with Crippen molar-refractivity contribution in [2.45, 2.75) is 13.1 Å². The topological polar surface area (TPSA) is 67.3 Å². The lowest BCUT2D eigenvalue weighted by Gasteiger charge is -2.17. The van der Waals surface area contributed by atoms with E-state index in [4.69, 9.17) is 4.74 Å². The van der Waals surface area contributed by atoms with Crippen LogP contribution in [0.4, 0.5) is 17.5 Å². The number of hydrogen-bond donors (Lipinski definition) is 1. The molecular formula is C20H18N4O2. The summed E-state index contributed by atoms with van der Waals surface area (Å²) in [5.74, 6) is 0.878. The first kappa shape index (κ1) is 16.1. The number of anilines is 3. The van der Waals surface area contributed by atoms with Crippen LogP contribution < -0.4 is 10.2 Å². The molecule has 0 aliphatic carbocycles. The Kier molecular flexibility index (Phi) is 4.23. The molecule has 4 rings (SSSR count). The van der Waals surface area contributed by atoms with Gasteiger partial charge in [0.15, 0.2) is 0 Å². The summed E-state index contributed by atoms with van der Waals surface area (Å²) in [4.78, 5) is 23.0. The van der Waals surface area contributed by atoms with Gasteiger partial charge in [0.2, 0.25) is 5.95 Å². The summed E-state index contributed by atoms with van der Waals surface area (Å²) in [5, 5.41) is 3.12. The SMILES string of the molecule is COC(=O)c1ccccc1Nc1nccc(N2Cc3ccccc3C2)n1. The number of ether oxygens (including phenoxy) is 1. The third-order valence-electron chi connectivity index (χ3n) is 4.38. The first-order valence-corrected chi connectivity index (χ1v) is 8.34. The number of hydrogen-bond acceptors (Lipinski definition) is 6. The van der Waals surface area contributed by atoms with Gasteiger partial charge in [-0.1, -0.05) is 36.4 Å². The van der Waals surface area contributed by atoms with E-state index in [1.165, 1.54) is 18.2 Å². The molecule has 0 bridgehead atoms. The first-order valence-electron chi connectivity index (χ1n) is 8.34. The maximum Gasteiger partial charge on any atom is 0.339 e. The highest BCUT2D eigenvalue weighted by Gasteiger charge is 2.20. The van der Waals surface area contributed by atoms with Crippen molar-refractivity contribution in [3.63, 3.8) is 0 Å². The van der Waals surface area contributed by atoms with E-state index in [1.54, 1.807) is 24.4 Å². The highest BCUT2D eigenvalue weighted by Crippen LogP contribution is 2.27. The fourth-order valence-corrected chi connectivity index (χ4v) is 3.08. The zero-order valence-electron chi connectivity index (χ0n) is 14.3. The van der Waals surface area contributed by atoms with Crippen molar-refractivity contribution >= 4 is 23.4 Å². The van der Waals surface area contributed by atoms with Crippen molar-refractivity contribution in [2.24, 2.45) is 0 Å². The fraction of sp³-hybridized carbons (Fsp3) is 0.150. The van der Waals surface area contributed by atoms with E-state index in [0.29, 0.717) is 17.2 Å². The second-order valence-electron chi connectivity index (χ2n) is 6.03. The molecule has 1 aliphatic heterocycles. The van der Waals surface area contributed by atoms with Crippen LogP contribution >= 0.6 is 0 Å². The Labute approximate surface area is 151 Å². The van der Waals surface area contributed by atoms with Crippen molar-refractivity contribution in [3.8, 4) is 0 Å². The van der Waals surface area contributed by atoms with Gasteiger partial charge in [-0.15, -0.1) is 0 Å². The molecule has 1 aliphatic rings. The zero-order chi connectivity index (χ0) is 17.9. The van der Waals surface area contributed by atoms with Gasteiger partial charge in [-0.2, -0.15) is 4.98 Å². The number of para-hydroxylation sites is 1. The van der Waals surface area contributed by atoms with Crippen LogP contribution in [0.3, 0.4) is 0 Å². The number of rotatable bonds is 4. The highest BCUT2D eigenvalue weighted by molar-refractivity contribution is 5.96. The van der Waals surface area contributed by atoms with E-state index in [9.17, 15) is 4.79 Å². The lowest BCUT2D eigenvalue weighted by atomic mass is 10.1. The smallest absolute Gasteiger partial charge is 0.339 e. The second-order valence-corrected chi connectivity index (χ2v) is 6.03. The first-order chi connectivity index (χ1) is 12.7. The van der Waals surface area contributed by atoms with Gasteiger partial charge in [0, 0.05) is 19.3 Å². The maximum atomic E-state index is 11.9. The summed E-state index contributed by atoms with van der Waals surface area (Å²) in [5.41, 5.74) is 3.69. The Morgan fingerprint density at radius 2 is 1.73 bits per heavy atom. The van der Waals surface area contributed by atoms with Gasteiger partial charge in [-0.05, 0) is 29.3 Å². The van der Waals surface area contributed by atoms with Crippen LogP contribution in [0.1, 0.15) is 21.5 Å². The van der Waals surface area contributed by atoms with Gasteiger partial charge in [0.25, 0.3) is 0 Å². The van der Waals surface area contributed by atoms with Gasteiger partial charge >= 0.3 is 5.97 Å². The minimum absolute atomic E-state index is 0.403. The molecule has 2 aromatic carbocycles.